The van der Waals surface area contributed by atoms with Crippen molar-refractivity contribution in [1.29, 1.82) is 0 Å². The highest BCUT2D eigenvalue weighted by atomic mass is 32.2. The van der Waals surface area contributed by atoms with Gasteiger partial charge in [0.15, 0.2) is 11.0 Å². The van der Waals surface area contributed by atoms with Crippen LogP contribution in [-0.2, 0) is 11.3 Å². The lowest BCUT2D eigenvalue weighted by Crippen LogP contribution is -2.30. The highest BCUT2D eigenvalue weighted by Gasteiger charge is 2.22. The molecule has 0 radical (unpaired) electrons. The minimum Gasteiger partial charge on any atom is -0.494 e. The van der Waals surface area contributed by atoms with E-state index in [-0.39, 0.29) is 11.2 Å². The summed E-state index contributed by atoms with van der Waals surface area (Å²) in [4.78, 5) is 12.8. The molecule has 3 aromatic rings. The second-order valence-corrected chi connectivity index (χ2v) is 10.2. The van der Waals surface area contributed by atoms with Crippen molar-refractivity contribution in [2.24, 2.45) is 11.0 Å². The SMILES string of the molecule is CCOc1ccc(NCc2nnc(S[C@@H](C)C(=O)NN=C3CCCC[C@@H]3C)n2-c2ccccc2)cc1. The van der Waals surface area contributed by atoms with Crippen molar-refractivity contribution >= 4 is 29.1 Å². The highest BCUT2D eigenvalue weighted by molar-refractivity contribution is 8.00. The Kier molecular flexibility index (Phi) is 9.00. The zero-order valence-corrected chi connectivity index (χ0v) is 21.9. The Morgan fingerprint density at radius 3 is 2.67 bits per heavy atom. The lowest BCUT2D eigenvalue weighted by atomic mass is 9.89. The first-order chi connectivity index (χ1) is 17.5. The predicted octanol–water partition coefficient (Wildman–Crippen LogP) is 5.44. The van der Waals surface area contributed by atoms with Gasteiger partial charge in [-0.05, 0) is 75.4 Å². The molecule has 0 bridgehead atoms. The maximum atomic E-state index is 12.8. The standard InChI is InChI=1S/C27H34N6O2S/c1-4-35-23-16-14-21(15-17-23)28-18-25-30-32-27(33(25)22-11-6-5-7-12-22)36-20(3)26(34)31-29-24-13-9-8-10-19(24)2/h5-7,11-12,14-17,19-20,28H,4,8-10,13,18H2,1-3H3,(H,31,34)/t19-,20-/m0/s1. The number of rotatable bonds is 10. The van der Waals surface area contributed by atoms with Gasteiger partial charge in [0.25, 0.3) is 5.91 Å². The van der Waals surface area contributed by atoms with Crippen molar-refractivity contribution in [1.82, 2.24) is 20.2 Å². The third-order valence-electron chi connectivity index (χ3n) is 6.18. The quantitative estimate of drug-likeness (QED) is 0.281. The minimum absolute atomic E-state index is 0.137. The van der Waals surface area contributed by atoms with Crippen LogP contribution in [0.5, 0.6) is 5.75 Å². The summed E-state index contributed by atoms with van der Waals surface area (Å²) >= 11 is 1.37. The number of benzene rings is 2. The van der Waals surface area contributed by atoms with Crippen molar-refractivity contribution in [3.63, 3.8) is 0 Å². The molecule has 0 aliphatic heterocycles. The largest absolute Gasteiger partial charge is 0.494 e. The fourth-order valence-corrected chi connectivity index (χ4v) is 4.99. The van der Waals surface area contributed by atoms with Gasteiger partial charge in [0.2, 0.25) is 0 Å². The van der Waals surface area contributed by atoms with E-state index in [2.05, 4.69) is 33.0 Å². The topological polar surface area (TPSA) is 93.4 Å². The lowest BCUT2D eigenvalue weighted by Gasteiger charge is -2.20. The van der Waals surface area contributed by atoms with E-state index in [1.54, 1.807) is 0 Å². The summed E-state index contributed by atoms with van der Waals surface area (Å²) in [5, 5.41) is 17.0. The van der Waals surface area contributed by atoms with Crippen LogP contribution in [0.2, 0.25) is 0 Å². The molecule has 190 valence electrons. The smallest absolute Gasteiger partial charge is 0.253 e. The van der Waals surface area contributed by atoms with Crippen LogP contribution in [0.3, 0.4) is 0 Å². The summed E-state index contributed by atoms with van der Waals surface area (Å²) in [5.74, 6) is 1.88. The van der Waals surface area contributed by atoms with E-state index < -0.39 is 0 Å². The van der Waals surface area contributed by atoms with Crippen LogP contribution in [0.1, 0.15) is 52.3 Å². The Morgan fingerprint density at radius 2 is 1.94 bits per heavy atom. The third-order valence-corrected chi connectivity index (χ3v) is 7.22. The number of hydrogen-bond donors (Lipinski definition) is 2. The molecule has 2 aromatic carbocycles. The van der Waals surface area contributed by atoms with Gasteiger partial charge in [-0.3, -0.25) is 9.36 Å². The molecule has 2 N–H and O–H groups in total. The minimum atomic E-state index is -0.383. The third kappa shape index (κ3) is 6.66. The number of hydrazone groups is 1. The van der Waals surface area contributed by atoms with Crippen LogP contribution in [0.15, 0.2) is 64.9 Å². The molecule has 0 unspecified atom stereocenters. The molecule has 0 saturated heterocycles. The highest BCUT2D eigenvalue weighted by Crippen LogP contribution is 2.27. The number of amides is 1. The summed E-state index contributed by atoms with van der Waals surface area (Å²) in [6, 6.07) is 17.8. The van der Waals surface area contributed by atoms with Gasteiger partial charge in [0, 0.05) is 17.1 Å². The van der Waals surface area contributed by atoms with Gasteiger partial charge in [-0.15, -0.1) is 10.2 Å². The molecule has 1 fully saturated rings. The number of nitrogens with zero attached hydrogens (tertiary/aromatic N) is 4. The molecule has 1 aromatic heterocycles. The average Bonchev–Trinajstić information content (AvgIpc) is 3.30. The van der Waals surface area contributed by atoms with Gasteiger partial charge in [0.05, 0.1) is 18.4 Å². The van der Waals surface area contributed by atoms with Crippen LogP contribution in [0.4, 0.5) is 5.69 Å². The summed E-state index contributed by atoms with van der Waals surface area (Å²) in [7, 11) is 0. The Bertz CT molecular complexity index is 1160. The average molecular weight is 507 g/mol. The monoisotopic (exact) mass is 506 g/mol. The molecule has 36 heavy (non-hydrogen) atoms. The van der Waals surface area contributed by atoms with E-state index in [9.17, 15) is 4.79 Å². The van der Waals surface area contributed by atoms with Crippen LogP contribution in [-0.4, -0.2) is 38.2 Å². The number of aromatic nitrogens is 3. The number of carbonyl (C=O) groups is 1. The van der Waals surface area contributed by atoms with Crippen molar-refractivity contribution in [2.75, 3.05) is 11.9 Å². The molecule has 0 spiro atoms. The van der Waals surface area contributed by atoms with Crippen molar-refractivity contribution in [2.45, 2.75) is 63.4 Å². The molecule has 4 rings (SSSR count). The predicted molar refractivity (Wildman–Crippen MR) is 145 cm³/mol. The van der Waals surface area contributed by atoms with E-state index in [1.165, 1.54) is 18.2 Å². The summed E-state index contributed by atoms with van der Waals surface area (Å²) < 4.78 is 7.51. The zero-order chi connectivity index (χ0) is 25.3. The van der Waals surface area contributed by atoms with Crippen LogP contribution in [0, 0.1) is 5.92 Å². The molecule has 1 saturated carbocycles. The maximum absolute atomic E-state index is 12.8. The Balaban J connectivity index is 1.47. The van der Waals surface area contributed by atoms with Gasteiger partial charge in [-0.25, -0.2) is 5.43 Å². The fourth-order valence-electron chi connectivity index (χ4n) is 4.11. The van der Waals surface area contributed by atoms with E-state index >= 15 is 0 Å². The van der Waals surface area contributed by atoms with Gasteiger partial charge in [-0.1, -0.05) is 43.3 Å². The van der Waals surface area contributed by atoms with Crippen molar-refractivity contribution in [3.8, 4) is 11.4 Å². The zero-order valence-electron chi connectivity index (χ0n) is 21.1. The number of ether oxygens (including phenoxy) is 1. The number of hydrogen-bond acceptors (Lipinski definition) is 7. The number of carbonyl (C=O) groups excluding carboxylic acids is 1. The van der Waals surface area contributed by atoms with Crippen molar-refractivity contribution < 1.29 is 9.53 Å². The lowest BCUT2D eigenvalue weighted by molar-refractivity contribution is -0.120. The van der Waals surface area contributed by atoms with Gasteiger partial charge in [-0.2, -0.15) is 5.10 Å². The summed E-state index contributed by atoms with van der Waals surface area (Å²) in [5.41, 5.74) is 5.76. The second kappa shape index (κ2) is 12.6. The Labute approximate surface area is 216 Å². The Hall–Kier alpha value is -3.33. The second-order valence-electron chi connectivity index (χ2n) is 8.87. The molecule has 9 heteroatoms. The molecule has 1 amide bonds. The number of anilines is 1. The van der Waals surface area contributed by atoms with E-state index in [0.29, 0.717) is 24.2 Å². The molecular weight excluding hydrogens is 472 g/mol. The van der Waals surface area contributed by atoms with Crippen molar-refractivity contribution in [3.05, 3.63) is 60.4 Å². The molecule has 1 aliphatic carbocycles. The fraction of sp³-hybridized carbons (Fsp3) is 0.407. The van der Waals surface area contributed by atoms with Crippen LogP contribution in [0.25, 0.3) is 5.69 Å². The first kappa shape index (κ1) is 25.8. The van der Waals surface area contributed by atoms with Gasteiger partial charge in [0.1, 0.15) is 5.75 Å². The van der Waals surface area contributed by atoms with Gasteiger partial charge < -0.3 is 10.1 Å². The molecule has 1 aliphatic rings. The van der Waals surface area contributed by atoms with E-state index in [0.717, 1.165) is 47.9 Å². The first-order valence-corrected chi connectivity index (χ1v) is 13.4. The maximum Gasteiger partial charge on any atom is 0.253 e. The Morgan fingerprint density at radius 1 is 1.17 bits per heavy atom. The first-order valence-electron chi connectivity index (χ1n) is 12.5. The van der Waals surface area contributed by atoms with E-state index in [4.69, 9.17) is 4.74 Å². The number of para-hydroxylation sites is 1. The number of thioether (sulfide) groups is 1. The summed E-state index contributed by atoms with van der Waals surface area (Å²) in [6.07, 6.45) is 4.45. The molecule has 8 nitrogen and oxygen atoms in total. The summed E-state index contributed by atoms with van der Waals surface area (Å²) in [6.45, 7) is 7.12. The normalized spacial score (nSPS) is 17.5. The number of nitrogens with one attached hydrogen (secondary N) is 2. The van der Waals surface area contributed by atoms with Crippen LogP contribution >= 0.6 is 11.8 Å². The molecule has 2 atom stereocenters. The van der Waals surface area contributed by atoms with E-state index in [1.807, 2.05) is 73.0 Å². The van der Waals surface area contributed by atoms with Crippen LogP contribution < -0.4 is 15.5 Å². The molecular formula is C27H34N6O2S. The van der Waals surface area contributed by atoms with Gasteiger partial charge >= 0.3 is 0 Å². The molecule has 1 heterocycles.